The van der Waals surface area contributed by atoms with E-state index in [1.807, 2.05) is 31.2 Å². The molecule has 1 atom stereocenters. The molecule has 0 saturated heterocycles. The highest BCUT2D eigenvalue weighted by atomic mass is 32.2. The van der Waals surface area contributed by atoms with Crippen LogP contribution in [-0.2, 0) is 4.79 Å². The number of carbonyl (C=O) groups is 1. The van der Waals surface area contributed by atoms with E-state index in [4.69, 9.17) is 5.11 Å². The van der Waals surface area contributed by atoms with E-state index in [0.29, 0.717) is 6.42 Å². The fourth-order valence-corrected chi connectivity index (χ4v) is 2.46. The van der Waals surface area contributed by atoms with Crippen LogP contribution in [0.2, 0.25) is 0 Å². The van der Waals surface area contributed by atoms with E-state index >= 15 is 0 Å². The van der Waals surface area contributed by atoms with Crippen LogP contribution in [0.4, 0.5) is 0 Å². The number of hydrogen-bond donors (Lipinski definition) is 1. The molecule has 0 radical (unpaired) electrons. The molecule has 0 aliphatic carbocycles. The fourth-order valence-electron chi connectivity index (χ4n) is 1.52. The van der Waals surface area contributed by atoms with Gasteiger partial charge in [-0.2, -0.15) is 0 Å². The minimum atomic E-state index is -0.805. The van der Waals surface area contributed by atoms with Crippen LogP contribution in [-0.4, -0.2) is 26.3 Å². The average molecular weight is 248 g/mol. The van der Waals surface area contributed by atoms with Crippen LogP contribution in [0.5, 0.6) is 0 Å². The number of aromatic nitrogens is 2. The Hall–Kier alpha value is -1.62. The average Bonchev–Trinajstić information content (AvgIpc) is 2.35. The monoisotopic (exact) mass is 248 g/mol. The Morgan fingerprint density at radius 2 is 2.18 bits per heavy atom. The Morgan fingerprint density at radius 3 is 2.88 bits per heavy atom. The summed E-state index contributed by atoms with van der Waals surface area (Å²) in [6.07, 6.45) is 2.04. The summed E-state index contributed by atoms with van der Waals surface area (Å²) in [5, 5.41) is 10.2. The van der Waals surface area contributed by atoms with Gasteiger partial charge >= 0.3 is 5.97 Å². The minimum Gasteiger partial charge on any atom is -0.480 e. The van der Waals surface area contributed by atoms with Crippen molar-refractivity contribution in [1.82, 2.24) is 9.97 Å². The SMILES string of the molecule is CC[C@H](Sc1ncnc2ccccc12)C(=O)O. The van der Waals surface area contributed by atoms with E-state index in [0.717, 1.165) is 15.9 Å². The topological polar surface area (TPSA) is 63.1 Å². The van der Waals surface area contributed by atoms with Gasteiger partial charge in [0.25, 0.3) is 0 Å². The van der Waals surface area contributed by atoms with Gasteiger partial charge in [0.05, 0.1) is 5.52 Å². The number of aliphatic carboxylic acids is 1. The lowest BCUT2D eigenvalue weighted by molar-refractivity contribution is -0.136. The molecule has 17 heavy (non-hydrogen) atoms. The van der Waals surface area contributed by atoms with E-state index in [-0.39, 0.29) is 0 Å². The summed E-state index contributed by atoms with van der Waals surface area (Å²) in [5.74, 6) is -0.805. The molecule has 0 unspecified atom stereocenters. The van der Waals surface area contributed by atoms with Crippen molar-refractivity contribution in [3.05, 3.63) is 30.6 Å². The number of para-hydroxylation sites is 1. The van der Waals surface area contributed by atoms with Crippen molar-refractivity contribution in [2.75, 3.05) is 0 Å². The second-order valence-corrected chi connectivity index (χ2v) is 4.74. The van der Waals surface area contributed by atoms with Crippen molar-refractivity contribution in [2.45, 2.75) is 23.6 Å². The van der Waals surface area contributed by atoms with Crippen LogP contribution in [0.15, 0.2) is 35.6 Å². The number of carboxylic acids is 1. The van der Waals surface area contributed by atoms with Gasteiger partial charge in [0.1, 0.15) is 16.6 Å². The Labute approximate surface area is 103 Å². The summed E-state index contributed by atoms with van der Waals surface area (Å²) in [7, 11) is 0. The summed E-state index contributed by atoms with van der Waals surface area (Å²) < 4.78 is 0. The molecular formula is C12H12N2O2S. The minimum absolute atomic E-state index is 0.465. The number of thioether (sulfide) groups is 1. The van der Waals surface area contributed by atoms with E-state index in [2.05, 4.69) is 9.97 Å². The predicted molar refractivity (Wildman–Crippen MR) is 67.1 cm³/mol. The van der Waals surface area contributed by atoms with Crippen molar-refractivity contribution in [3.63, 3.8) is 0 Å². The summed E-state index contributed by atoms with van der Waals surface area (Å²) in [4.78, 5) is 19.3. The quantitative estimate of drug-likeness (QED) is 0.665. The Kier molecular flexibility index (Phi) is 3.58. The Balaban J connectivity index is 2.38. The number of carboxylic acid groups (broad SMARTS) is 1. The van der Waals surface area contributed by atoms with Gasteiger partial charge in [0, 0.05) is 5.39 Å². The second kappa shape index (κ2) is 5.14. The van der Waals surface area contributed by atoms with E-state index in [1.54, 1.807) is 0 Å². The number of benzene rings is 1. The van der Waals surface area contributed by atoms with Crippen molar-refractivity contribution >= 4 is 28.6 Å². The summed E-state index contributed by atoms with van der Waals surface area (Å²) >= 11 is 1.28. The molecule has 88 valence electrons. The molecule has 1 N–H and O–H groups in total. The number of nitrogens with zero attached hydrogens (tertiary/aromatic N) is 2. The van der Waals surface area contributed by atoms with Crippen molar-refractivity contribution in [2.24, 2.45) is 0 Å². The van der Waals surface area contributed by atoms with Crippen LogP contribution in [0.25, 0.3) is 10.9 Å². The smallest absolute Gasteiger partial charge is 0.317 e. The van der Waals surface area contributed by atoms with Gasteiger partial charge in [0.2, 0.25) is 0 Å². The van der Waals surface area contributed by atoms with E-state index in [1.165, 1.54) is 18.1 Å². The molecule has 0 aliphatic heterocycles. The zero-order chi connectivity index (χ0) is 12.3. The molecule has 0 spiro atoms. The first kappa shape index (κ1) is 11.9. The molecule has 0 bridgehead atoms. The maximum Gasteiger partial charge on any atom is 0.317 e. The fraction of sp³-hybridized carbons (Fsp3) is 0.250. The molecule has 1 aromatic carbocycles. The molecule has 1 heterocycles. The molecule has 0 fully saturated rings. The zero-order valence-corrected chi connectivity index (χ0v) is 10.1. The lowest BCUT2D eigenvalue weighted by atomic mass is 10.2. The number of hydrogen-bond acceptors (Lipinski definition) is 4. The van der Waals surface area contributed by atoms with E-state index in [9.17, 15) is 4.79 Å². The molecule has 0 aliphatic rings. The van der Waals surface area contributed by atoms with Gasteiger partial charge in [-0.25, -0.2) is 9.97 Å². The first-order chi connectivity index (χ1) is 8.22. The lowest BCUT2D eigenvalue weighted by Crippen LogP contribution is -2.15. The molecule has 1 aromatic heterocycles. The van der Waals surface area contributed by atoms with Crippen LogP contribution in [0.3, 0.4) is 0 Å². The third kappa shape index (κ3) is 2.55. The van der Waals surface area contributed by atoms with Gasteiger partial charge in [-0.05, 0) is 12.5 Å². The Bertz CT molecular complexity index is 540. The van der Waals surface area contributed by atoms with Crippen molar-refractivity contribution in [3.8, 4) is 0 Å². The zero-order valence-electron chi connectivity index (χ0n) is 9.33. The first-order valence-electron chi connectivity index (χ1n) is 5.31. The number of fused-ring (bicyclic) bond motifs is 1. The normalized spacial score (nSPS) is 12.5. The van der Waals surface area contributed by atoms with Crippen LogP contribution < -0.4 is 0 Å². The van der Waals surface area contributed by atoms with E-state index < -0.39 is 11.2 Å². The van der Waals surface area contributed by atoms with Crippen LogP contribution in [0, 0.1) is 0 Å². The van der Waals surface area contributed by atoms with Gasteiger partial charge in [-0.15, -0.1) is 0 Å². The second-order valence-electron chi connectivity index (χ2n) is 3.55. The maximum atomic E-state index is 11.0. The Morgan fingerprint density at radius 1 is 1.41 bits per heavy atom. The summed E-state index contributed by atoms with van der Waals surface area (Å²) in [6.45, 7) is 1.86. The molecular weight excluding hydrogens is 236 g/mol. The van der Waals surface area contributed by atoms with Gasteiger partial charge in [-0.3, -0.25) is 4.79 Å². The first-order valence-corrected chi connectivity index (χ1v) is 6.19. The third-order valence-electron chi connectivity index (χ3n) is 2.41. The molecule has 0 saturated carbocycles. The molecule has 5 heteroatoms. The van der Waals surface area contributed by atoms with Crippen LogP contribution in [0.1, 0.15) is 13.3 Å². The molecule has 0 amide bonds. The van der Waals surface area contributed by atoms with Crippen molar-refractivity contribution in [1.29, 1.82) is 0 Å². The largest absolute Gasteiger partial charge is 0.480 e. The maximum absolute atomic E-state index is 11.0. The highest BCUT2D eigenvalue weighted by Crippen LogP contribution is 2.29. The highest BCUT2D eigenvalue weighted by Gasteiger charge is 2.18. The standard InChI is InChI=1S/C12H12N2O2S/c1-2-10(12(15)16)17-11-8-5-3-4-6-9(8)13-7-14-11/h3-7,10H,2H2,1H3,(H,15,16)/t10-/m0/s1. The highest BCUT2D eigenvalue weighted by molar-refractivity contribution is 8.00. The van der Waals surface area contributed by atoms with Gasteiger partial charge in [-0.1, -0.05) is 36.9 Å². The van der Waals surface area contributed by atoms with Crippen molar-refractivity contribution < 1.29 is 9.90 Å². The summed E-state index contributed by atoms with van der Waals surface area (Å²) in [5.41, 5.74) is 0.838. The molecule has 2 rings (SSSR count). The third-order valence-corrected chi connectivity index (χ3v) is 3.77. The van der Waals surface area contributed by atoms with Gasteiger partial charge < -0.3 is 5.11 Å². The molecule has 4 nitrogen and oxygen atoms in total. The number of rotatable bonds is 4. The van der Waals surface area contributed by atoms with Gasteiger partial charge in [0.15, 0.2) is 0 Å². The molecule has 2 aromatic rings. The summed E-state index contributed by atoms with van der Waals surface area (Å²) in [6, 6.07) is 7.60. The predicted octanol–water partition coefficient (Wildman–Crippen LogP) is 2.59. The van der Waals surface area contributed by atoms with Crippen LogP contribution >= 0.6 is 11.8 Å². The lowest BCUT2D eigenvalue weighted by Gasteiger charge is -2.09.